The summed E-state index contributed by atoms with van der Waals surface area (Å²) in [5.74, 6) is -8.58. The molecule has 24 nitrogen and oxygen atoms in total. The first kappa shape index (κ1) is 55.3. The molecule has 0 bridgehead atoms. The molecule has 0 aliphatic carbocycles. The highest BCUT2D eigenvalue weighted by Crippen LogP contribution is 2.39. The Balaban J connectivity index is 2.37. The third kappa shape index (κ3) is 15.5. The number of hydrogen-bond donors (Lipinski definition) is 1. The first-order valence-corrected chi connectivity index (χ1v) is 20.9. The van der Waals surface area contributed by atoms with Crippen LogP contribution in [-0.2, 0) is 109 Å². The Morgan fingerprint density at radius 1 is 0.439 bits per heavy atom. The lowest BCUT2D eigenvalue weighted by Crippen LogP contribution is -2.68. The minimum atomic E-state index is -1.93. The van der Waals surface area contributed by atoms with Gasteiger partial charge in [0.25, 0.3) is 0 Å². The Morgan fingerprint density at radius 3 is 1.15 bits per heavy atom. The fourth-order valence-electron chi connectivity index (χ4n) is 6.89. The van der Waals surface area contributed by atoms with Crippen LogP contribution in [0, 0.1) is 10.8 Å². The van der Waals surface area contributed by atoms with Crippen LogP contribution in [-0.4, -0.2) is 164 Å². The van der Waals surface area contributed by atoms with Crippen LogP contribution < -0.4 is 0 Å². The van der Waals surface area contributed by atoms with E-state index >= 15 is 0 Å². The smallest absolute Gasteiger partial charge is 0.329 e. The van der Waals surface area contributed by atoms with Crippen molar-refractivity contribution in [1.29, 1.82) is 0 Å². The van der Waals surface area contributed by atoms with Gasteiger partial charge in [-0.15, -0.1) is 0 Å². The fourth-order valence-corrected chi connectivity index (χ4v) is 6.89. The molecule has 3 fully saturated rings. The molecule has 0 aromatic heterocycles. The maximum atomic E-state index is 14.0. The van der Waals surface area contributed by atoms with Crippen molar-refractivity contribution >= 4 is 53.7 Å². The zero-order chi connectivity index (χ0) is 50.2. The SMILES string of the molecule is CC(=O)O[C@@H]1[C@@H](OC(C)=O)[C@H](C)O[C@@H](O[C@H]2[C@H](OCC(=O)O)O[C@H](COC(=O)C(C)(C)C)[C@@H](O[C@@H]3O[C@@H](C)[C@H](OC(C)=O)[C@@H](OC(C)=O)[C@H]3OC(C)=O)[C@@H]2OC(=O)C(C)(C)C)[C@@H]1OC(C)=O. The number of carbonyl (C=O) groups is 9. The number of aliphatic carboxylic acids is 1. The molecule has 0 aromatic carbocycles. The molecule has 0 amide bonds. The van der Waals surface area contributed by atoms with Gasteiger partial charge in [0, 0.05) is 41.5 Å². The normalized spacial score (nSPS) is 32.4. The molecule has 3 rings (SSSR count). The number of carboxylic acid groups (broad SMARTS) is 1. The van der Waals surface area contributed by atoms with Gasteiger partial charge in [-0.1, -0.05) is 0 Å². The van der Waals surface area contributed by atoms with Crippen molar-refractivity contribution in [2.24, 2.45) is 10.8 Å². The zero-order valence-electron chi connectivity index (χ0n) is 39.4. The molecule has 15 atom stereocenters. The Morgan fingerprint density at radius 2 is 0.788 bits per heavy atom. The van der Waals surface area contributed by atoms with E-state index in [1.807, 2.05) is 0 Å². The molecule has 0 aromatic rings. The minimum absolute atomic E-state index is 0.723. The second kappa shape index (κ2) is 23.1. The first-order valence-electron chi connectivity index (χ1n) is 20.9. The summed E-state index contributed by atoms with van der Waals surface area (Å²) in [7, 11) is 0. The highest BCUT2D eigenvalue weighted by atomic mass is 16.8. The fraction of sp³-hybridized carbons (Fsp3) is 0.786. The number of ether oxygens (including phenoxy) is 14. The van der Waals surface area contributed by atoms with Crippen LogP contribution in [0.15, 0.2) is 0 Å². The van der Waals surface area contributed by atoms with E-state index in [1.54, 1.807) is 20.8 Å². The average molecular weight is 951 g/mol. The number of carboxylic acids is 1. The van der Waals surface area contributed by atoms with E-state index in [1.165, 1.54) is 34.6 Å². The van der Waals surface area contributed by atoms with Crippen LogP contribution in [0.1, 0.15) is 96.9 Å². The van der Waals surface area contributed by atoms with Crippen molar-refractivity contribution in [3.05, 3.63) is 0 Å². The standard InChI is InChI=1S/C42H62O24/c1-17-27(57-19(3)43)30(59-21(5)45)34(61-23(7)47)37(55-17)64-29-25(15-54-39(51)41(9,10)11)63-36(53-16-26(49)50)33(32(29)66-40(52)42(12,13)14)65-38-35(62-24(8)48)31(60-22(6)46)28(18(2)56-38)58-20(4)44/h17-18,25,27-38H,15-16H2,1-14H3,(H,49,50)/t17-,18-,25+,27-,28-,29+,30+,31+,32-,33+,34+,35+,36+,37-,38-/m0/s1. The summed E-state index contributed by atoms with van der Waals surface area (Å²) in [4.78, 5) is 114. The average Bonchev–Trinajstić information content (AvgIpc) is 3.15. The lowest BCUT2D eigenvalue weighted by Gasteiger charge is -2.50. The summed E-state index contributed by atoms with van der Waals surface area (Å²) in [6, 6.07) is 0. The number of carbonyl (C=O) groups excluding carboxylic acids is 8. The Kier molecular flexibility index (Phi) is 19.4. The van der Waals surface area contributed by atoms with Crippen LogP contribution in [0.2, 0.25) is 0 Å². The molecule has 0 spiro atoms. The van der Waals surface area contributed by atoms with Gasteiger partial charge < -0.3 is 71.4 Å². The molecule has 3 saturated heterocycles. The molecule has 0 saturated carbocycles. The van der Waals surface area contributed by atoms with Crippen LogP contribution in [0.25, 0.3) is 0 Å². The molecule has 66 heavy (non-hydrogen) atoms. The maximum absolute atomic E-state index is 14.0. The molecule has 374 valence electrons. The predicted molar refractivity (Wildman–Crippen MR) is 214 cm³/mol. The quantitative estimate of drug-likeness (QED) is 0.168. The highest BCUT2D eigenvalue weighted by molar-refractivity contribution is 5.76. The van der Waals surface area contributed by atoms with Crippen molar-refractivity contribution < 1.29 is 115 Å². The zero-order valence-corrected chi connectivity index (χ0v) is 39.4. The van der Waals surface area contributed by atoms with Crippen molar-refractivity contribution in [3.63, 3.8) is 0 Å². The molecule has 0 unspecified atom stereocenters. The van der Waals surface area contributed by atoms with Crippen LogP contribution in [0.3, 0.4) is 0 Å². The summed E-state index contributed by atoms with van der Waals surface area (Å²) in [5.41, 5.74) is -2.40. The molecule has 0 radical (unpaired) electrons. The van der Waals surface area contributed by atoms with E-state index in [9.17, 15) is 48.3 Å². The number of hydrogen-bond acceptors (Lipinski definition) is 23. The Hall–Kier alpha value is -5.01. The van der Waals surface area contributed by atoms with Crippen molar-refractivity contribution in [3.8, 4) is 0 Å². The van der Waals surface area contributed by atoms with Gasteiger partial charge in [-0.25, -0.2) is 4.79 Å². The Bertz CT molecular complexity index is 1780. The molecule has 3 aliphatic rings. The lowest BCUT2D eigenvalue weighted by atomic mass is 9.94. The van der Waals surface area contributed by atoms with Crippen LogP contribution >= 0.6 is 0 Å². The van der Waals surface area contributed by atoms with Gasteiger partial charge in [0.15, 0.2) is 67.7 Å². The molecular formula is C42H62O24. The van der Waals surface area contributed by atoms with Gasteiger partial charge in [0.2, 0.25) is 0 Å². The second-order valence-electron chi connectivity index (χ2n) is 17.8. The van der Waals surface area contributed by atoms with Crippen molar-refractivity contribution in [1.82, 2.24) is 0 Å². The third-order valence-electron chi connectivity index (χ3n) is 9.66. The predicted octanol–water partition coefficient (Wildman–Crippen LogP) is 1.21. The summed E-state index contributed by atoms with van der Waals surface area (Å²) >= 11 is 0. The van der Waals surface area contributed by atoms with Gasteiger partial charge in [-0.3, -0.25) is 38.4 Å². The topological polar surface area (TPSA) is 303 Å². The van der Waals surface area contributed by atoms with E-state index in [2.05, 4.69) is 0 Å². The maximum Gasteiger partial charge on any atom is 0.329 e. The van der Waals surface area contributed by atoms with Crippen molar-refractivity contribution in [2.45, 2.75) is 189 Å². The number of esters is 8. The molecule has 3 heterocycles. The first-order chi connectivity index (χ1) is 30.4. The van der Waals surface area contributed by atoms with E-state index in [0.29, 0.717) is 0 Å². The summed E-state index contributed by atoms with van der Waals surface area (Å²) < 4.78 is 82.1. The van der Waals surface area contributed by atoms with Crippen LogP contribution in [0.4, 0.5) is 0 Å². The van der Waals surface area contributed by atoms with Gasteiger partial charge in [0.1, 0.15) is 25.4 Å². The highest BCUT2D eigenvalue weighted by Gasteiger charge is 2.59. The largest absolute Gasteiger partial charge is 0.480 e. The molecule has 24 heteroatoms. The van der Waals surface area contributed by atoms with Crippen molar-refractivity contribution in [2.75, 3.05) is 13.2 Å². The third-order valence-corrected chi connectivity index (χ3v) is 9.66. The van der Waals surface area contributed by atoms with Gasteiger partial charge in [-0.05, 0) is 55.4 Å². The monoisotopic (exact) mass is 950 g/mol. The summed E-state index contributed by atoms with van der Waals surface area (Å²) in [6.45, 7) is 16.4. The Labute approximate surface area is 381 Å². The second-order valence-corrected chi connectivity index (χ2v) is 17.8. The van der Waals surface area contributed by atoms with Crippen LogP contribution in [0.5, 0.6) is 0 Å². The van der Waals surface area contributed by atoms with Gasteiger partial charge in [-0.2, -0.15) is 0 Å². The van der Waals surface area contributed by atoms with Gasteiger partial charge in [0.05, 0.1) is 23.0 Å². The van der Waals surface area contributed by atoms with E-state index in [4.69, 9.17) is 66.3 Å². The molecular weight excluding hydrogens is 888 g/mol. The molecule has 3 aliphatic heterocycles. The number of rotatable bonds is 16. The summed E-state index contributed by atoms with van der Waals surface area (Å²) in [5, 5.41) is 9.76. The van der Waals surface area contributed by atoms with E-state index in [0.717, 1.165) is 41.5 Å². The van der Waals surface area contributed by atoms with E-state index in [-0.39, 0.29) is 0 Å². The van der Waals surface area contributed by atoms with E-state index < -0.39 is 170 Å². The van der Waals surface area contributed by atoms with Gasteiger partial charge >= 0.3 is 53.7 Å². The molecule has 1 N–H and O–H groups in total. The lowest BCUT2D eigenvalue weighted by molar-refractivity contribution is -0.385. The minimum Gasteiger partial charge on any atom is -0.480 e. The summed E-state index contributed by atoms with van der Waals surface area (Å²) in [6.07, 6.45) is -24.7.